The summed E-state index contributed by atoms with van der Waals surface area (Å²) >= 11 is 0. The maximum absolute atomic E-state index is 13.5. The molecular weight excluding hydrogens is 348 g/mol. The molecular formula is C15H20F4N2O4. The number of amides is 1. The van der Waals surface area contributed by atoms with Crippen molar-refractivity contribution in [2.45, 2.75) is 44.8 Å². The Morgan fingerprint density at radius 1 is 1.28 bits per heavy atom. The van der Waals surface area contributed by atoms with E-state index in [2.05, 4.69) is 5.32 Å². The van der Waals surface area contributed by atoms with Crippen molar-refractivity contribution in [3.63, 3.8) is 0 Å². The molecule has 1 rings (SSSR count). The lowest BCUT2D eigenvalue weighted by Crippen LogP contribution is -2.39. The second-order valence-corrected chi connectivity index (χ2v) is 6.35. The quantitative estimate of drug-likeness (QED) is 0.482. The van der Waals surface area contributed by atoms with Gasteiger partial charge in [-0.15, -0.1) is 0 Å². The van der Waals surface area contributed by atoms with E-state index in [4.69, 9.17) is 10.5 Å². The first-order valence-electron chi connectivity index (χ1n) is 7.21. The molecule has 0 spiro atoms. The van der Waals surface area contributed by atoms with Gasteiger partial charge in [-0.3, -0.25) is 0 Å². The molecule has 0 aromatic heterocycles. The smallest absolute Gasteiger partial charge is 0.416 e. The van der Waals surface area contributed by atoms with Crippen LogP contribution in [0.5, 0.6) is 0 Å². The molecule has 0 radical (unpaired) electrons. The van der Waals surface area contributed by atoms with Crippen molar-refractivity contribution < 1.29 is 37.3 Å². The number of nitrogens with one attached hydrogen (secondary N) is 1. The molecule has 10 heteroatoms. The van der Waals surface area contributed by atoms with Gasteiger partial charge in [0.25, 0.3) is 0 Å². The van der Waals surface area contributed by atoms with Gasteiger partial charge >= 0.3 is 12.3 Å². The van der Waals surface area contributed by atoms with Crippen LogP contribution in [0.15, 0.2) is 12.1 Å². The Labute approximate surface area is 141 Å². The summed E-state index contributed by atoms with van der Waals surface area (Å²) in [7, 11) is 0. The molecule has 0 heterocycles. The minimum absolute atomic E-state index is 0.335. The third-order valence-electron chi connectivity index (χ3n) is 3.01. The molecule has 0 aliphatic rings. The fourth-order valence-electron chi connectivity index (χ4n) is 1.92. The third-order valence-corrected chi connectivity index (χ3v) is 3.01. The van der Waals surface area contributed by atoms with Gasteiger partial charge in [-0.25, -0.2) is 9.18 Å². The first-order chi connectivity index (χ1) is 11.2. The van der Waals surface area contributed by atoms with Gasteiger partial charge in [0.15, 0.2) is 0 Å². The summed E-state index contributed by atoms with van der Waals surface area (Å²) in [4.78, 5) is 11.5. The number of benzene rings is 1. The lowest BCUT2D eigenvalue weighted by molar-refractivity contribution is -0.139. The molecule has 25 heavy (non-hydrogen) atoms. The van der Waals surface area contributed by atoms with E-state index < -0.39 is 59.3 Å². The SMILES string of the molecule is CC(C)(C)OC(=O)NCC(O)C(O)c1cc(F)c(N)cc1C(F)(F)F. The first kappa shape index (κ1) is 21.0. The number of hydrogen-bond donors (Lipinski definition) is 4. The molecule has 142 valence electrons. The van der Waals surface area contributed by atoms with E-state index in [0.717, 1.165) is 0 Å². The van der Waals surface area contributed by atoms with E-state index >= 15 is 0 Å². The zero-order valence-electron chi connectivity index (χ0n) is 13.8. The lowest BCUT2D eigenvalue weighted by Gasteiger charge is -2.24. The molecule has 0 saturated carbocycles. The van der Waals surface area contributed by atoms with Gasteiger partial charge in [0, 0.05) is 6.54 Å². The van der Waals surface area contributed by atoms with Gasteiger partial charge in [0.05, 0.1) is 11.3 Å². The van der Waals surface area contributed by atoms with E-state index in [1.54, 1.807) is 20.8 Å². The molecule has 2 unspecified atom stereocenters. The molecule has 5 N–H and O–H groups in total. The van der Waals surface area contributed by atoms with Crippen LogP contribution in [0, 0.1) is 5.82 Å². The number of alkyl halides is 3. The number of nitrogen functional groups attached to an aromatic ring is 1. The van der Waals surface area contributed by atoms with Crippen molar-refractivity contribution in [2.75, 3.05) is 12.3 Å². The Kier molecular flexibility index (Phi) is 6.24. The topological polar surface area (TPSA) is 105 Å². The average molecular weight is 368 g/mol. The van der Waals surface area contributed by atoms with E-state index in [1.165, 1.54) is 0 Å². The fourth-order valence-corrected chi connectivity index (χ4v) is 1.92. The summed E-state index contributed by atoms with van der Waals surface area (Å²) in [5.41, 5.74) is 1.29. The second kappa shape index (κ2) is 7.44. The van der Waals surface area contributed by atoms with Crippen molar-refractivity contribution in [1.29, 1.82) is 0 Å². The number of aliphatic hydroxyl groups is 2. The van der Waals surface area contributed by atoms with Gasteiger partial charge in [-0.05, 0) is 38.5 Å². The summed E-state index contributed by atoms with van der Waals surface area (Å²) in [6.07, 6.45) is -9.80. The number of carbonyl (C=O) groups is 1. The molecule has 0 bridgehead atoms. The number of alkyl carbamates (subject to hydrolysis) is 1. The second-order valence-electron chi connectivity index (χ2n) is 6.35. The minimum Gasteiger partial charge on any atom is -0.444 e. The summed E-state index contributed by atoms with van der Waals surface area (Å²) in [5, 5.41) is 21.9. The first-order valence-corrected chi connectivity index (χ1v) is 7.21. The van der Waals surface area contributed by atoms with Gasteiger partial charge in [0.2, 0.25) is 0 Å². The number of rotatable bonds is 4. The number of carbonyl (C=O) groups excluding carboxylic acids is 1. The molecule has 1 aromatic carbocycles. The predicted molar refractivity (Wildman–Crippen MR) is 81.0 cm³/mol. The zero-order chi connectivity index (χ0) is 19.6. The predicted octanol–water partition coefficient (Wildman–Crippen LogP) is 2.35. The molecule has 6 nitrogen and oxygen atoms in total. The van der Waals surface area contributed by atoms with Gasteiger partial charge in [-0.2, -0.15) is 13.2 Å². The molecule has 1 aromatic rings. The maximum atomic E-state index is 13.5. The molecule has 0 aliphatic heterocycles. The molecule has 0 aliphatic carbocycles. The van der Waals surface area contributed by atoms with Crippen LogP contribution in [0.1, 0.15) is 38.0 Å². The highest BCUT2D eigenvalue weighted by Gasteiger charge is 2.37. The standard InChI is InChI=1S/C15H20F4N2O4/c1-14(2,3)25-13(24)21-6-11(22)12(23)7-4-9(16)10(20)5-8(7)15(17,18)19/h4-5,11-12,22-23H,6,20H2,1-3H3,(H,21,24). The Morgan fingerprint density at radius 2 is 1.84 bits per heavy atom. The highest BCUT2D eigenvalue weighted by Crippen LogP contribution is 2.37. The zero-order valence-corrected chi connectivity index (χ0v) is 13.8. The fraction of sp³-hybridized carbons (Fsp3) is 0.533. The van der Waals surface area contributed by atoms with Gasteiger partial charge in [-0.1, -0.05) is 0 Å². The van der Waals surface area contributed by atoms with Crippen molar-refractivity contribution >= 4 is 11.8 Å². The summed E-state index contributed by atoms with van der Waals surface area (Å²) in [6.45, 7) is 4.15. The molecule has 2 atom stereocenters. The highest BCUT2D eigenvalue weighted by molar-refractivity contribution is 5.67. The lowest BCUT2D eigenvalue weighted by atomic mass is 9.97. The Hall–Kier alpha value is -2.07. The van der Waals surface area contributed by atoms with Gasteiger partial charge < -0.3 is 26.0 Å². The van der Waals surface area contributed by atoms with Crippen molar-refractivity contribution in [3.8, 4) is 0 Å². The molecule has 1 amide bonds. The highest BCUT2D eigenvalue weighted by atomic mass is 19.4. The van der Waals surface area contributed by atoms with Crippen molar-refractivity contribution in [3.05, 3.63) is 29.1 Å². The number of nitrogens with two attached hydrogens (primary N) is 1. The Balaban J connectivity index is 2.94. The summed E-state index contributed by atoms with van der Waals surface area (Å²) in [5.74, 6) is -1.17. The number of ether oxygens (including phenoxy) is 1. The van der Waals surface area contributed by atoms with E-state index in [9.17, 15) is 32.6 Å². The van der Waals surface area contributed by atoms with Crippen molar-refractivity contribution in [2.24, 2.45) is 0 Å². The third kappa shape index (κ3) is 6.05. The molecule has 0 saturated heterocycles. The van der Waals surface area contributed by atoms with Crippen LogP contribution in [-0.2, 0) is 10.9 Å². The number of anilines is 1. The van der Waals surface area contributed by atoms with Crippen LogP contribution in [0.25, 0.3) is 0 Å². The maximum Gasteiger partial charge on any atom is 0.416 e. The van der Waals surface area contributed by atoms with Gasteiger partial charge in [0.1, 0.15) is 23.6 Å². The largest absolute Gasteiger partial charge is 0.444 e. The Bertz CT molecular complexity index is 629. The number of aliphatic hydroxyl groups excluding tert-OH is 2. The van der Waals surface area contributed by atoms with Crippen LogP contribution in [-0.4, -0.2) is 34.6 Å². The summed E-state index contributed by atoms with van der Waals surface area (Å²) in [6, 6.07) is 0.738. The summed E-state index contributed by atoms with van der Waals surface area (Å²) < 4.78 is 57.5. The molecule has 0 fully saturated rings. The number of hydrogen-bond acceptors (Lipinski definition) is 5. The van der Waals surface area contributed by atoms with Crippen LogP contribution >= 0.6 is 0 Å². The average Bonchev–Trinajstić information content (AvgIpc) is 2.43. The normalized spacial score (nSPS) is 14.8. The van der Waals surface area contributed by atoms with E-state index in [0.29, 0.717) is 12.1 Å². The van der Waals surface area contributed by atoms with Crippen LogP contribution < -0.4 is 11.1 Å². The van der Waals surface area contributed by atoms with E-state index in [1.807, 2.05) is 0 Å². The van der Waals surface area contributed by atoms with Crippen LogP contribution in [0.3, 0.4) is 0 Å². The number of halogens is 4. The van der Waals surface area contributed by atoms with Crippen LogP contribution in [0.2, 0.25) is 0 Å². The monoisotopic (exact) mass is 368 g/mol. The Morgan fingerprint density at radius 3 is 2.32 bits per heavy atom. The minimum atomic E-state index is -4.92. The van der Waals surface area contributed by atoms with Crippen molar-refractivity contribution in [1.82, 2.24) is 5.32 Å². The van der Waals surface area contributed by atoms with E-state index in [-0.39, 0.29) is 0 Å². The van der Waals surface area contributed by atoms with Crippen LogP contribution in [0.4, 0.5) is 28.0 Å².